The molecule has 1 aromatic rings. The van der Waals surface area contributed by atoms with Crippen LogP contribution in [0.5, 0.6) is 0 Å². The van der Waals surface area contributed by atoms with Crippen molar-refractivity contribution in [3.8, 4) is 0 Å². The molecule has 2 aliphatic rings. The van der Waals surface area contributed by atoms with Crippen LogP contribution in [-0.2, 0) is 4.74 Å². The highest BCUT2D eigenvalue weighted by Crippen LogP contribution is 2.28. The van der Waals surface area contributed by atoms with Gasteiger partial charge in [0.25, 0.3) is 0 Å². The number of anilines is 2. The van der Waals surface area contributed by atoms with Crippen LogP contribution >= 0.6 is 11.6 Å². The maximum atomic E-state index is 7.05. The van der Waals surface area contributed by atoms with E-state index >= 15 is 0 Å². The normalized spacial score (nSPS) is 15.4. The predicted octanol–water partition coefficient (Wildman–Crippen LogP) is 3.33. The number of nitrogen functional groups attached to an aromatic ring is 1. The van der Waals surface area contributed by atoms with E-state index in [1.54, 1.807) is 6.21 Å². The molecular weight excluding hydrogens is 364 g/mol. The Morgan fingerprint density at radius 1 is 1.30 bits per heavy atom. The second-order valence-corrected chi connectivity index (χ2v) is 5.76. The molecule has 1 aromatic carbocycles. The summed E-state index contributed by atoms with van der Waals surface area (Å²) in [5.74, 6) is 5.33. The molecule has 0 atom stereocenters. The fourth-order valence-corrected chi connectivity index (χ4v) is 2.63. The Bertz CT molecular complexity index is 681. The number of allylic oxidation sites excluding steroid dienone is 3. The van der Waals surface area contributed by atoms with E-state index in [0.29, 0.717) is 10.7 Å². The lowest BCUT2D eigenvalue weighted by Gasteiger charge is -2.29. The predicted molar refractivity (Wildman–Crippen MR) is 116 cm³/mol. The van der Waals surface area contributed by atoms with E-state index in [2.05, 4.69) is 15.3 Å². The smallest absolute Gasteiger partial charge is 0.141 e. The molecule has 148 valence electrons. The van der Waals surface area contributed by atoms with Gasteiger partial charge in [0.15, 0.2) is 0 Å². The van der Waals surface area contributed by atoms with Gasteiger partial charge in [-0.3, -0.25) is 16.2 Å². The first-order chi connectivity index (χ1) is 13.1. The van der Waals surface area contributed by atoms with Gasteiger partial charge in [0, 0.05) is 19.3 Å². The molecule has 0 aromatic heterocycles. The molecule has 1 saturated heterocycles. The highest BCUT2D eigenvalue weighted by molar-refractivity contribution is 6.33. The molecule has 1 fully saturated rings. The third-order valence-electron chi connectivity index (χ3n) is 3.63. The van der Waals surface area contributed by atoms with E-state index < -0.39 is 0 Å². The van der Waals surface area contributed by atoms with Crippen LogP contribution in [0.1, 0.15) is 20.3 Å². The van der Waals surface area contributed by atoms with Crippen LogP contribution in [0, 0.1) is 5.41 Å². The summed E-state index contributed by atoms with van der Waals surface area (Å²) in [6, 6.07) is 5.71. The highest BCUT2D eigenvalue weighted by atomic mass is 35.5. The van der Waals surface area contributed by atoms with E-state index in [4.69, 9.17) is 33.3 Å². The summed E-state index contributed by atoms with van der Waals surface area (Å²) in [6.07, 6.45) is 8.06. The fourth-order valence-electron chi connectivity index (χ4n) is 2.33. The minimum absolute atomic E-state index is 0.0277. The molecule has 3 rings (SSSR count). The van der Waals surface area contributed by atoms with E-state index in [1.807, 2.05) is 50.3 Å². The Kier molecular flexibility index (Phi) is 10.9. The second kappa shape index (κ2) is 12.9. The molecule has 8 heteroatoms. The molecular formula is C19H29ClN6O. The van der Waals surface area contributed by atoms with Gasteiger partial charge in [0.2, 0.25) is 0 Å². The zero-order valence-corrected chi connectivity index (χ0v) is 16.7. The molecule has 6 N–H and O–H groups in total. The van der Waals surface area contributed by atoms with Crippen molar-refractivity contribution in [3.05, 3.63) is 47.1 Å². The molecule has 2 aliphatic heterocycles. The number of morpholine rings is 1. The molecule has 0 saturated carbocycles. The second-order valence-electron chi connectivity index (χ2n) is 5.36. The number of hydrazine groups is 1. The Hall–Kier alpha value is -2.35. The van der Waals surface area contributed by atoms with Crippen molar-refractivity contribution in [2.45, 2.75) is 20.3 Å². The maximum absolute atomic E-state index is 7.05. The van der Waals surface area contributed by atoms with Crippen LogP contribution < -0.4 is 21.9 Å². The van der Waals surface area contributed by atoms with E-state index in [-0.39, 0.29) is 5.84 Å². The summed E-state index contributed by atoms with van der Waals surface area (Å²) in [5, 5.41) is 7.77. The van der Waals surface area contributed by atoms with Gasteiger partial charge in [-0.25, -0.2) is 0 Å². The van der Waals surface area contributed by atoms with Gasteiger partial charge in [0.1, 0.15) is 11.5 Å². The first kappa shape index (κ1) is 22.7. The van der Waals surface area contributed by atoms with Crippen LogP contribution in [0.25, 0.3) is 0 Å². The van der Waals surface area contributed by atoms with Gasteiger partial charge in [-0.1, -0.05) is 37.6 Å². The van der Waals surface area contributed by atoms with Crippen LogP contribution in [0.15, 0.2) is 47.1 Å². The molecule has 2 heterocycles. The van der Waals surface area contributed by atoms with Gasteiger partial charge in [0.05, 0.1) is 29.6 Å². The molecule has 0 radical (unpaired) electrons. The minimum atomic E-state index is 0.0277. The van der Waals surface area contributed by atoms with Gasteiger partial charge < -0.3 is 20.8 Å². The molecule has 0 aliphatic carbocycles. The van der Waals surface area contributed by atoms with Crippen molar-refractivity contribution in [1.29, 1.82) is 5.41 Å². The number of hydrogen-bond acceptors (Lipinski definition) is 6. The van der Waals surface area contributed by atoms with Crippen molar-refractivity contribution in [1.82, 2.24) is 0 Å². The van der Waals surface area contributed by atoms with Crippen LogP contribution in [-0.4, -0.2) is 38.4 Å². The summed E-state index contributed by atoms with van der Waals surface area (Å²) >= 11 is 6.16. The van der Waals surface area contributed by atoms with Gasteiger partial charge >= 0.3 is 0 Å². The Labute approximate surface area is 166 Å². The molecule has 7 nitrogen and oxygen atoms in total. The molecule has 0 bridgehead atoms. The summed E-state index contributed by atoms with van der Waals surface area (Å²) in [7, 11) is 0. The SMILES string of the molecule is CC.N=C(N)C1=CCC=CC=N1.NNc1ccc(N2CCOCC2)c(Cl)c1. The first-order valence-electron chi connectivity index (χ1n) is 8.94. The average molecular weight is 393 g/mol. The number of ether oxygens (including phenoxy) is 1. The molecule has 27 heavy (non-hydrogen) atoms. The highest BCUT2D eigenvalue weighted by Gasteiger charge is 2.13. The third-order valence-corrected chi connectivity index (χ3v) is 3.93. The monoisotopic (exact) mass is 392 g/mol. The fraction of sp³-hybridized carbons (Fsp3) is 0.368. The van der Waals surface area contributed by atoms with Gasteiger partial charge in [-0.2, -0.15) is 0 Å². The summed E-state index contributed by atoms with van der Waals surface area (Å²) in [6.45, 7) is 7.28. The van der Waals surface area contributed by atoms with Crippen LogP contribution in [0.4, 0.5) is 11.4 Å². The van der Waals surface area contributed by atoms with E-state index in [1.165, 1.54) is 0 Å². The first-order valence-corrected chi connectivity index (χ1v) is 9.32. The van der Waals surface area contributed by atoms with Crippen molar-refractivity contribution in [3.63, 3.8) is 0 Å². The standard InChI is InChI=1S/C10H14ClN3O.C7H9N3.C2H6/c11-9-7-8(13-12)1-2-10(9)14-3-5-15-6-4-14;8-7(9)6-4-2-1-3-5-10-6;1-2/h1-2,7,13H,3-6,12H2;1,3-5H,2H2,(H3,8,9);1-2H3. The topological polar surface area (TPSA) is 113 Å². The van der Waals surface area contributed by atoms with Gasteiger partial charge in [-0.05, 0) is 30.7 Å². The number of hydrogen-bond donors (Lipinski definition) is 4. The zero-order valence-electron chi connectivity index (χ0n) is 15.9. The van der Waals surface area contributed by atoms with E-state index in [0.717, 1.165) is 44.1 Å². The Morgan fingerprint density at radius 3 is 2.59 bits per heavy atom. The van der Waals surface area contributed by atoms with Gasteiger partial charge in [-0.15, -0.1) is 0 Å². The summed E-state index contributed by atoms with van der Waals surface area (Å²) in [5.41, 5.74) is 10.2. The number of aliphatic imine (C=N–C) groups is 1. The summed E-state index contributed by atoms with van der Waals surface area (Å²) < 4.78 is 5.29. The number of nitrogens with one attached hydrogen (secondary N) is 2. The van der Waals surface area contributed by atoms with Crippen molar-refractivity contribution in [2.24, 2.45) is 16.6 Å². The van der Waals surface area contributed by atoms with Crippen molar-refractivity contribution in [2.75, 3.05) is 36.6 Å². The molecule has 0 unspecified atom stereocenters. The number of amidine groups is 1. The lowest BCUT2D eigenvalue weighted by Crippen LogP contribution is -2.36. The minimum Gasteiger partial charge on any atom is -0.382 e. The average Bonchev–Trinajstić information content (AvgIpc) is 3.00. The largest absolute Gasteiger partial charge is 0.382 e. The number of nitrogens with zero attached hydrogens (tertiary/aromatic N) is 2. The maximum Gasteiger partial charge on any atom is 0.141 e. The Morgan fingerprint density at radius 2 is 2.00 bits per heavy atom. The summed E-state index contributed by atoms with van der Waals surface area (Å²) in [4.78, 5) is 6.14. The lowest BCUT2D eigenvalue weighted by molar-refractivity contribution is 0.122. The quantitative estimate of drug-likeness (QED) is 0.273. The van der Waals surface area contributed by atoms with Crippen molar-refractivity contribution < 1.29 is 4.74 Å². The van der Waals surface area contributed by atoms with Crippen LogP contribution in [0.3, 0.4) is 0 Å². The Balaban J connectivity index is 0.000000265. The number of nitrogens with two attached hydrogens (primary N) is 2. The van der Waals surface area contributed by atoms with Crippen molar-refractivity contribution >= 4 is 35.0 Å². The lowest BCUT2D eigenvalue weighted by atomic mass is 10.2. The third kappa shape index (κ3) is 7.82. The van der Waals surface area contributed by atoms with Crippen LogP contribution in [0.2, 0.25) is 5.02 Å². The number of halogens is 1. The molecule has 0 amide bonds. The number of benzene rings is 1. The molecule has 0 spiro atoms. The zero-order chi connectivity index (χ0) is 20.1. The van der Waals surface area contributed by atoms with E-state index in [9.17, 15) is 0 Å². The number of rotatable bonds is 3.